The van der Waals surface area contributed by atoms with Gasteiger partial charge in [0.2, 0.25) is 0 Å². The van der Waals surface area contributed by atoms with Crippen molar-refractivity contribution >= 4 is 5.69 Å². The lowest BCUT2D eigenvalue weighted by Gasteiger charge is -2.21. The molecule has 1 aromatic rings. The van der Waals surface area contributed by atoms with Gasteiger partial charge in [-0.15, -0.1) is 0 Å². The topological polar surface area (TPSA) is 59.6 Å². The Morgan fingerprint density at radius 2 is 1.71 bits per heavy atom. The molecule has 3 nitrogen and oxygen atoms in total. The Morgan fingerprint density at radius 3 is 2.14 bits per heavy atom. The molecule has 9 heteroatoms. The number of benzene rings is 1. The number of hydrogen-bond acceptors (Lipinski definition) is 3. The Bertz CT molecular complexity index is 591. The normalized spacial score (nSPS) is 13.1. The van der Waals surface area contributed by atoms with Gasteiger partial charge in [-0.1, -0.05) is 0 Å². The molecule has 0 radical (unpaired) electrons. The van der Waals surface area contributed by atoms with Crippen LogP contribution in [0, 0.1) is 22.7 Å². The molecule has 0 heterocycles. The Morgan fingerprint density at radius 1 is 1.10 bits per heavy atom. The fourth-order valence-electron chi connectivity index (χ4n) is 1.51. The molecule has 0 saturated carbocycles. The van der Waals surface area contributed by atoms with Gasteiger partial charge in [-0.25, -0.2) is 0 Å². The maximum Gasteiger partial charge on any atom is 0.417 e. The van der Waals surface area contributed by atoms with Crippen LogP contribution in [0.25, 0.3) is 0 Å². The number of anilines is 1. The van der Waals surface area contributed by atoms with Crippen molar-refractivity contribution in [3.05, 3.63) is 29.3 Å². The van der Waals surface area contributed by atoms with Crippen LogP contribution in [0.4, 0.5) is 32.0 Å². The van der Waals surface area contributed by atoms with Crippen molar-refractivity contribution in [3.8, 4) is 12.1 Å². The van der Waals surface area contributed by atoms with Crippen molar-refractivity contribution in [1.29, 1.82) is 10.5 Å². The highest BCUT2D eigenvalue weighted by Gasteiger charge is 2.40. The second-order valence-electron chi connectivity index (χ2n) is 3.97. The average Bonchev–Trinajstić information content (AvgIpc) is 2.36. The molecule has 0 amide bonds. The van der Waals surface area contributed by atoms with Crippen LogP contribution in [0.3, 0.4) is 0 Å². The summed E-state index contributed by atoms with van der Waals surface area (Å²) in [6, 6.07) is 2.43. The number of rotatable bonds is 3. The molecule has 0 fully saturated rings. The van der Waals surface area contributed by atoms with E-state index >= 15 is 0 Å². The van der Waals surface area contributed by atoms with Gasteiger partial charge in [0, 0.05) is 5.69 Å². The van der Waals surface area contributed by atoms with Gasteiger partial charge in [0.15, 0.2) is 0 Å². The fraction of sp³-hybridized carbons (Fsp3) is 0.333. The van der Waals surface area contributed by atoms with E-state index in [4.69, 9.17) is 10.5 Å². The van der Waals surface area contributed by atoms with Crippen LogP contribution in [0.15, 0.2) is 18.2 Å². The summed E-state index contributed by atoms with van der Waals surface area (Å²) in [5.74, 6) is 0. The first kappa shape index (κ1) is 16.6. The lowest BCUT2D eigenvalue weighted by atomic mass is 10.1. The van der Waals surface area contributed by atoms with E-state index in [9.17, 15) is 26.3 Å². The SMILES string of the molecule is N#CCC(Nc1ccc(C#N)c(C(F)(F)F)c1)C(F)(F)F. The van der Waals surface area contributed by atoms with Crippen LogP contribution in [0.5, 0.6) is 0 Å². The Kier molecular flexibility index (Phi) is 4.69. The Hall–Kier alpha value is -2.42. The number of nitrogens with zero attached hydrogens (tertiary/aromatic N) is 2. The lowest BCUT2D eigenvalue weighted by molar-refractivity contribution is -0.141. The van der Waals surface area contributed by atoms with E-state index in [0.29, 0.717) is 6.07 Å². The standard InChI is InChI=1S/C12H7F6N3/c13-11(14,15)9-5-8(2-1-7(9)6-20)21-10(3-4-19)12(16,17)18/h1-2,5,10,21H,3H2. The van der Waals surface area contributed by atoms with E-state index in [-0.39, 0.29) is 0 Å². The predicted octanol–water partition coefficient (Wildman–Crippen LogP) is 3.83. The molecule has 112 valence electrons. The van der Waals surface area contributed by atoms with Crippen molar-refractivity contribution < 1.29 is 26.3 Å². The third-order valence-electron chi connectivity index (χ3n) is 2.48. The van der Waals surface area contributed by atoms with Gasteiger partial charge >= 0.3 is 12.4 Å². The van der Waals surface area contributed by atoms with Gasteiger partial charge < -0.3 is 5.32 Å². The van der Waals surface area contributed by atoms with Crippen molar-refractivity contribution in [2.45, 2.75) is 24.8 Å². The molecule has 0 spiro atoms. The molecule has 1 N–H and O–H groups in total. The zero-order valence-corrected chi connectivity index (χ0v) is 10.2. The molecular weight excluding hydrogens is 300 g/mol. The van der Waals surface area contributed by atoms with Crippen molar-refractivity contribution in [1.82, 2.24) is 0 Å². The number of nitriles is 2. The van der Waals surface area contributed by atoms with Gasteiger partial charge in [0.1, 0.15) is 6.04 Å². The molecule has 0 aromatic heterocycles. The van der Waals surface area contributed by atoms with Gasteiger partial charge in [0.25, 0.3) is 0 Å². The maximum atomic E-state index is 12.7. The second kappa shape index (κ2) is 5.92. The number of halogens is 6. The van der Waals surface area contributed by atoms with Gasteiger partial charge in [0.05, 0.1) is 29.7 Å². The first-order valence-corrected chi connectivity index (χ1v) is 5.41. The molecule has 0 bridgehead atoms. The Labute approximate surface area is 115 Å². The van der Waals surface area contributed by atoms with E-state index in [0.717, 1.165) is 12.1 Å². The van der Waals surface area contributed by atoms with E-state index in [1.54, 1.807) is 0 Å². The van der Waals surface area contributed by atoms with Crippen LogP contribution in [0.1, 0.15) is 17.5 Å². The molecule has 1 rings (SSSR count). The first-order chi connectivity index (χ1) is 9.59. The van der Waals surface area contributed by atoms with Gasteiger partial charge in [-0.3, -0.25) is 0 Å². The molecule has 1 unspecified atom stereocenters. The molecule has 1 atom stereocenters. The van der Waals surface area contributed by atoms with Gasteiger partial charge in [-0.05, 0) is 18.2 Å². The van der Waals surface area contributed by atoms with Crippen LogP contribution < -0.4 is 5.32 Å². The average molecular weight is 307 g/mol. The van der Waals surface area contributed by atoms with Crippen LogP contribution in [-0.4, -0.2) is 12.2 Å². The largest absolute Gasteiger partial charge is 0.417 e. The van der Waals surface area contributed by atoms with Gasteiger partial charge in [-0.2, -0.15) is 36.9 Å². The minimum atomic E-state index is -4.87. The Balaban J connectivity index is 3.16. The predicted molar refractivity (Wildman–Crippen MR) is 59.9 cm³/mol. The monoisotopic (exact) mass is 307 g/mol. The van der Waals surface area contributed by atoms with Crippen LogP contribution in [-0.2, 0) is 6.18 Å². The van der Waals surface area contributed by atoms with Crippen LogP contribution in [0.2, 0.25) is 0 Å². The second-order valence-corrected chi connectivity index (χ2v) is 3.97. The summed E-state index contributed by atoms with van der Waals surface area (Å²) in [4.78, 5) is 0. The summed E-state index contributed by atoms with van der Waals surface area (Å²) < 4.78 is 75.8. The molecular formula is C12H7F6N3. The van der Waals surface area contributed by atoms with Crippen molar-refractivity contribution in [3.63, 3.8) is 0 Å². The molecule has 1 aromatic carbocycles. The lowest BCUT2D eigenvalue weighted by Crippen LogP contribution is -2.35. The molecule has 0 aliphatic heterocycles. The van der Waals surface area contributed by atoms with E-state index < -0.39 is 41.6 Å². The fourth-order valence-corrected chi connectivity index (χ4v) is 1.51. The van der Waals surface area contributed by atoms with E-state index in [2.05, 4.69) is 0 Å². The third-order valence-corrected chi connectivity index (χ3v) is 2.48. The van der Waals surface area contributed by atoms with Crippen molar-refractivity contribution in [2.24, 2.45) is 0 Å². The van der Waals surface area contributed by atoms with Crippen molar-refractivity contribution in [2.75, 3.05) is 5.32 Å². The van der Waals surface area contributed by atoms with E-state index in [1.807, 2.05) is 5.32 Å². The zero-order valence-electron chi connectivity index (χ0n) is 10.2. The quantitative estimate of drug-likeness (QED) is 0.863. The molecule has 21 heavy (non-hydrogen) atoms. The summed E-state index contributed by atoms with van der Waals surface area (Å²) in [7, 11) is 0. The highest BCUT2D eigenvalue weighted by molar-refractivity contribution is 5.53. The molecule has 0 aliphatic carbocycles. The minimum Gasteiger partial charge on any atom is -0.373 e. The highest BCUT2D eigenvalue weighted by atomic mass is 19.4. The minimum absolute atomic E-state index is 0.411. The highest BCUT2D eigenvalue weighted by Crippen LogP contribution is 2.34. The zero-order chi connectivity index (χ0) is 16.3. The van der Waals surface area contributed by atoms with Crippen LogP contribution >= 0.6 is 0 Å². The number of nitrogens with one attached hydrogen (secondary N) is 1. The van der Waals surface area contributed by atoms with E-state index in [1.165, 1.54) is 12.1 Å². The first-order valence-electron chi connectivity index (χ1n) is 5.41. The maximum absolute atomic E-state index is 12.7. The summed E-state index contributed by atoms with van der Waals surface area (Å²) in [6.45, 7) is 0. The third kappa shape index (κ3) is 4.28. The number of hydrogen-bond donors (Lipinski definition) is 1. The summed E-state index contributed by atoms with van der Waals surface area (Å²) in [5.41, 5.74) is -2.51. The molecule has 0 aliphatic rings. The smallest absolute Gasteiger partial charge is 0.373 e. The molecule has 0 saturated heterocycles. The summed E-state index contributed by atoms with van der Waals surface area (Å²) in [6.07, 6.45) is -10.6. The number of alkyl halides is 6. The summed E-state index contributed by atoms with van der Waals surface area (Å²) in [5, 5.41) is 18.7. The summed E-state index contributed by atoms with van der Waals surface area (Å²) >= 11 is 0.